The van der Waals surface area contributed by atoms with E-state index in [1.165, 1.54) is 0 Å². The van der Waals surface area contributed by atoms with Gasteiger partial charge in [-0.05, 0) is 28.5 Å². The van der Waals surface area contributed by atoms with Crippen LogP contribution in [0.4, 0.5) is 5.69 Å². The maximum absolute atomic E-state index is 5.90. The molecule has 1 heterocycles. The molecule has 1 aromatic heterocycles. The summed E-state index contributed by atoms with van der Waals surface area (Å²) >= 11 is 0. The van der Waals surface area contributed by atoms with Crippen LogP contribution in [0.2, 0.25) is 0 Å². The molecule has 1 aromatic carbocycles. The summed E-state index contributed by atoms with van der Waals surface area (Å²) in [5.74, 6) is 1.22. The predicted octanol–water partition coefficient (Wildman–Crippen LogP) is 1.58. The van der Waals surface area contributed by atoms with E-state index < -0.39 is 0 Å². The van der Waals surface area contributed by atoms with Gasteiger partial charge in [0.25, 0.3) is 0 Å². The van der Waals surface area contributed by atoms with Crippen molar-refractivity contribution in [3.05, 3.63) is 24.3 Å². The van der Waals surface area contributed by atoms with Gasteiger partial charge in [-0.15, -0.1) is 5.10 Å². The van der Waals surface area contributed by atoms with Crippen LogP contribution in [0.25, 0.3) is 11.4 Å². The van der Waals surface area contributed by atoms with Crippen LogP contribution in [0.1, 0.15) is 13.8 Å². The highest BCUT2D eigenvalue weighted by atomic mass is 15.5. The number of hydrogen-bond acceptors (Lipinski definition) is 4. The van der Waals surface area contributed by atoms with Crippen molar-refractivity contribution in [3.63, 3.8) is 0 Å². The number of nitrogens with two attached hydrogens (primary N) is 1. The summed E-state index contributed by atoms with van der Waals surface area (Å²) in [5.41, 5.74) is 7.48. The van der Waals surface area contributed by atoms with E-state index in [4.69, 9.17) is 5.73 Å². The number of benzene rings is 1. The Hall–Kier alpha value is -1.91. The average Bonchev–Trinajstić information content (AvgIpc) is 2.66. The molecular weight excluding hydrogens is 202 g/mol. The summed E-state index contributed by atoms with van der Waals surface area (Å²) in [6.07, 6.45) is 0. The average molecular weight is 217 g/mol. The van der Waals surface area contributed by atoms with Gasteiger partial charge < -0.3 is 5.73 Å². The Kier molecular flexibility index (Phi) is 2.85. The molecule has 2 N–H and O–H groups in total. The first-order valence-electron chi connectivity index (χ1n) is 5.29. The number of nitrogens with zero attached hydrogens (tertiary/aromatic N) is 4. The summed E-state index contributed by atoms with van der Waals surface area (Å²) in [6.45, 7) is 5.04. The van der Waals surface area contributed by atoms with Crippen molar-refractivity contribution in [1.82, 2.24) is 20.2 Å². The minimum Gasteiger partial charge on any atom is -0.398 e. The monoisotopic (exact) mass is 217 g/mol. The van der Waals surface area contributed by atoms with E-state index in [0.29, 0.717) is 11.6 Å². The van der Waals surface area contributed by atoms with Gasteiger partial charge in [-0.2, -0.15) is 0 Å². The van der Waals surface area contributed by atoms with Crippen LogP contribution in [-0.4, -0.2) is 20.2 Å². The van der Waals surface area contributed by atoms with Crippen LogP contribution < -0.4 is 5.73 Å². The normalized spacial score (nSPS) is 10.9. The molecule has 5 nitrogen and oxygen atoms in total. The molecule has 0 bridgehead atoms. The Morgan fingerprint density at radius 2 is 2.06 bits per heavy atom. The van der Waals surface area contributed by atoms with Crippen LogP contribution >= 0.6 is 0 Å². The number of rotatable bonds is 3. The number of para-hydroxylation sites is 1. The molecule has 0 spiro atoms. The Morgan fingerprint density at radius 3 is 2.75 bits per heavy atom. The second kappa shape index (κ2) is 4.30. The van der Waals surface area contributed by atoms with Crippen molar-refractivity contribution >= 4 is 5.69 Å². The molecule has 0 fully saturated rings. The SMILES string of the molecule is CC(C)Cn1nnnc1-c1ccccc1N. The molecule has 0 saturated heterocycles. The van der Waals surface area contributed by atoms with E-state index >= 15 is 0 Å². The molecule has 5 heteroatoms. The van der Waals surface area contributed by atoms with Gasteiger partial charge in [0.05, 0.1) is 0 Å². The second-order valence-electron chi connectivity index (χ2n) is 4.17. The fourth-order valence-electron chi connectivity index (χ4n) is 1.57. The summed E-state index contributed by atoms with van der Waals surface area (Å²) < 4.78 is 1.79. The van der Waals surface area contributed by atoms with E-state index in [2.05, 4.69) is 29.4 Å². The van der Waals surface area contributed by atoms with E-state index in [1.54, 1.807) is 4.68 Å². The maximum Gasteiger partial charge on any atom is 0.184 e. The first-order chi connectivity index (χ1) is 7.68. The third-order valence-corrected chi connectivity index (χ3v) is 2.27. The van der Waals surface area contributed by atoms with Crippen molar-refractivity contribution in [1.29, 1.82) is 0 Å². The molecule has 0 aliphatic heterocycles. The largest absolute Gasteiger partial charge is 0.398 e. The lowest BCUT2D eigenvalue weighted by Crippen LogP contribution is -2.08. The molecular formula is C11H15N5. The molecule has 0 saturated carbocycles. The Bertz CT molecular complexity index is 475. The zero-order chi connectivity index (χ0) is 11.5. The molecule has 16 heavy (non-hydrogen) atoms. The van der Waals surface area contributed by atoms with Crippen molar-refractivity contribution in [2.24, 2.45) is 5.92 Å². The number of tetrazole rings is 1. The van der Waals surface area contributed by atoms with Crippen LogP contribution in [0, 0.1) is 5.92 Å². The van der Waals surface area contributed by atoms with E-state index in [9.17, 15) is 0 Å². The molecule has 0 unspecified atom stereocenters. The first kappa shape index (κ1) is 10.6. The zero-order valence-corrected chi connectivity index (χ0v) is 9.46. The van der Waals surface area contributed by atoms with E-state index in [1.807, 2.05) is 24.3 Å². The van der Waals surface area contributed by atoms with Gasteiger partial charge in [-0.1, -0.05) is 26.0 Å². The molecule has 2 aromatic rings. The minimum absolute atomic E-state index is 0.493. The van der Waals surface area contributed by atoms with Crippen molar-refractivity contribution in [2.75, 3.05) is 5.73 Å². The molecule has 0 atom stereocenters. The van der Waals surface area contributed by atoms with Gasteiger partial charge in [0.1, 0.15) is 0 Å². The zero-order valence-electron chi connectivity index (χ0n) is 9.46. The summed E-state index contributed by atoms with van der Waals surface area (Å²) in [6, 6.07) is 7.61. The minimum atomic E-state index is 0.493. The van der Waals surface area contributed by atoms with Gasteiger partial charge in [0.2, 0.25) is 0 Å². The molecule has 0 aliphatic rings. The maximum atomic E-state index is 5.90. The van der Waals surface area contributed by atoms with Crippen molar-refractivity contribution < 1.29 is 0 Å². The predicted molar refractivity (Wildman–Crippen MR) is 62.5 cm³/mol. The quantitative estimate of drug-likeness (QED) is 0.792. The van der Waals surface area contributed by atoms with Gasteiger partial charge in [0, 0.05) is 17.8 Å². The van der Waals surface area contributed by atoms with Crippen molar-refractivity contribution in [2.45, 2.75) is 20.4 Å². The first-order valence-corrected chi connectivity index (χ1v) is 5.29. The van der Waals surface area contributed by atoms with Crippen LogP contribution in [0.3, 0.4) is 0 Å². The fourth-order valence-corrected chi connectivity index (χ4v) is 1.57. The Labute approximate surface area is 94.3 Å². The van der Waals surface area contributed by atoms with Gasteiger partial charge in [-0.3, -0.25) is 0 Å². The number of hydrogen-bond donors (Lipinski definition) is 1. The van der Waals surface area contributed by atoms with Gasteiger partial charge in [0.15, 0.2) is 5.82 Å². The lowest BCUT2D eigenvalue weighted by atomic mass is 10.1. The molecule has 2 rings (SSSR count). The van der Waals surface area contributed by atoms with Crippen LogP contribution in [0.5, 0.6) is 0 Å². The summed E-state index contributed by atoms with van der Waals surface area (Å²) in [7, 11) is 0. The number of nitrogen functional groups attached to an aromatic ring is 1. The Morgan fingerprint density at radius 1 is 1.31 bits per heavy atom. The number of aromatic nitrogens is 4. The highest BCUT2D eigenvalue weighted by Crippen LogP contribution is 2.22. The van der Waals surface area contributed by atoms with Gasteiger partial charge >= 0.3 is 0 Å². The van der Waals surface area contributed by atoms with Crippen LogP contribution in [-0.2, 0) is 6.54 Å². The molecule has 0 amide bonds. The lowest BCUT2D eigenvalue weighted by molar-refractivity contribution is 0.475. The fraction of sp³-hybridized carbons (Fsp3) is 0.364. The topological polar surface area (TPSA) is 69.6 Å². The van der Waals surface area contributed by atoms with Crippen LogP contribution in [0.15, 0.2) is 24.3 Å². The number of anilines is 1. The standard InChI is InChI=1S/C11H15N5/c1-8(2)7-16-11(13-14-15-16)9-5-3-4-6-10(9)12/h3-6,8H,7,12H2,1-2H3. The summed E-state index contributed by atoms with van der Waals surface area (Å²) in [4.78, 5) is 0. The smallest absolute Gasteiger partial charge is 0.184 e. The van der Waals surface area contributed by atoms with Crippen molar-refractivity contribution in [3.8, 4) is 11.4 Å². The molecule has 0 aliphatic carbocycles. The third kappa shape index (κ3) is 2.03. The Balaban J connectivity index is 2.41. The lowest BCUT2D eigenvalue weighted by Gasteiger charge is -2.08. The molecule has 84 valence electrons. The second-order valence-corrected chi connectivity index (χ2v) is 4.17. The highest BCUT2D eigenvalue weighted by molar-refractivity contribution is 5.70. The summed E-state index contributed by atoms with van der Waals surface area (Å²) in [5, 5.41) is 11.7. The van der Waals surface area contributed by atoms with E-state index in [-0.39, 0.29) is 0 Å². The highest BCUT2D eigenvalue weighted by Gasteiger charge is 2.11. The third-order valence-electron chi connectivity index (χ3n) is 2.27. The van der Waals surface area contributed by atoms with Gasteiger partial charge in [-0.25, -0.2) is 4.68 Å². The molecule has 0 radical (unpaired) electrons. The van der Waals surface area contributed by atoms with E-state index in [0.717, 1.165) is 17.9 Å².